The molecule has 0 bridgehead atoms. The monoisotopic (exact) mass is 342 g/mol. The molecule has 6 nitrogen and oxygen atoms in total. The number of hydrazone groups is 1. The third kappa shape index (κ3) is 6.95. The molecule has 2 aromatic rings. The number of hydrogen-bond donors (Lipinski definition) is 2. The van der Waals surface area contributed by atoms with Crippen LogP contribution in [0.1, 0.15) is 25.3 Å². The molecule has 0 radical (unpaired) electrons. The molecule has 2 N–H and O–H groups in total. The number of carbonyl (C=O) groups is 1. The Morgan fingerprint density at radius 1 is 1.08 bits per heavy atom. The third-order valence-electron chi connectivity index (χ3n) is 3.26. The molecule has 0 saturated carbocycles. The van der Waals surface area contributed by atoms with Crippen LogP contribution in [0.5, 0.6) is 17.2 Å². The van der Waals surface area contributed by atoms with Crippen molar-refractivity contribution in [2.24, 2.45) is 5.10 Å². The van der Waals surface area contributed by atoms with E-state index in [4.69, 9.17) is 9.47 Å². The highest BCUT2D eigenvalue weighted by Gasteiger charge is 2.02. The van der Waals surface area contributed by atoms with Crippen molar-refractivity contribution in [2.75, 3.05) is 13.2 Å². The van der Waals surface area contributed by atoms with Gasteiger partial charge in [0.15, 0.2) is 6.61 Å². The summed E-state index contributed by atoms with van der Waals surface area (Å²) in [6, 6.07) is 13.6. The highest BCUT2D eigenvalue weighted by molar-refractivity contribution is 5.83. The van der Waals surface area contributed by atoms with Crippen LogP contribution in [0.4, 0.5) is 0 Å². The summed E-state index contributed by atoms with van der Waals surface area (Å²) in [5.41, 5.74) is 3.14. The molecule has 0 fully saturated rings. The van der Waals surface area contributed by atoms with E-state index in [0.717, 1.165) is 24.2 Å². The summed E-state index contributed by atoms with van der Waals surface area (Å²) >= 11 is 0. The molecule has 132 valence electrons. The van der Waals surface area contributed by atoms with Gasteiger partial charge in [-0.15, -0.1) is 0 Å². The Morgan fingerprint density at radius 3 is 2.36 bits per heavy atom. The van der Waals surface area contributed by atoms with E-state index in [2.05, 4.69) is 17.5 Å². The molecule has 0 aliphatic carbocycles. The summed E-state index contributed by atoms with van der Waals surface area (Å²) in [5, 5.41) is 13.0. The third-order valence-corrected chi connectivity index (χ3v) is 3.26. The SMILES string of the molecule is CCCCOc1ccc(OCC(=O)NN=Cc2ccc(O)cc2)cc1. The largest absolute Gasteiger partial charge is 0.508 e. The van der Waals surface area contributed by atoms with E-state index in [1.54, 1.807) is 36.4 Å². The van der Waals surface area contributed by atoms with Crippen molar-refractivity contribution in [1.82, 2.24) is 5.43 Å². The zero-order valence-corrected chi connectivity index (χ0v) is 14.1. The molecule has 0 aliphatic heterocycles. The number of phenols is 1. The maximum Gasteiger partial charge on any atom is 0.277 e. The normalized spacial score (nSPS) is 10.6. The number of amides is 1. The minimum Gasteiger partial charge on any atom is -0.508 e. The first-order chi connectivity index (χ1) is 12.2. The number of phenolic OH excluding ortho intramolecular Hbond substituents is 1. The summed E-state index contributed by atoms with van der Waals surface area (Å²) in [4.78, 5) is 11.7. The average Bonchev–Trinajstić information content (AvgIpc) is 2.63. The highest BCUT2D eigenvalue weighted by Crippen LogP contribution is 2.17. The van der Waals surface area contributed by atoms with Crippen LogP contribution in [0.25, 0.3) is 0 Å². The summed E-state index contributed by atoms with van der Waals surface area (Å²) in [6.07, 6.45) is 3.59. The molecular weight excluding hydrogens is 320 g/mol. The van der Waals surface area contributed by atoms with E-state index in [1.807, 2.05) is 12.1 Å². The van der Waals surface area contributed by atoms with Crippen LogP contribution < -0.4 is 14.9 Å². The zero-order valence-electron chi connectivity index (χ0n) is 14.1. The van der Waals surface area contributed by atoms with Gasteiger partial charge < -0.3 is 14.6 Å². The van der Waals surface area contributed by atoms with Gasteiger partial charge in [-0.05, 0) is 60.5 Å². The number of nitrogens with zero attached hydrogens (tertiary/aromatic N) is 1. The second-order valence-electron chi connectivity index (χ2n) is 5.35. The first kappa shape index (κ1) is 18.3. The number of unbranched alkanes of at least 4 members (excludes halogenated alkanes) is 1. The lowest BCUT2D eigenvalue weighted by Gasteiger charge is -2.07. The van der Waals surface area contributed by atoms with Gasteiger partial charge in [0.25, 0.3) is 5.91 Å². The fraction of sp³-hybridized carbons (Fsp3) is 0.263. The quantitative estimate of drug-likeness (QED) is 0.417. The van der Waals surface area contributed by atoms with Crippen LogP contribution in [0.3, 0.4) is 0 Å². The van der Waals surface area contributed by atoms with Gasteiger partial charge in [0.05, 0.1) is 12.8 Å². The molecule has 0 aliphatic rings. The van der Waals surface area contributed by atoms with Gasteiger partial charge in [-0.25, -0.2) is 5.43 Å². The van der Waals surface area contributed by atoms with Crippen molar-refractivity contribution < 1.29 is 19.4 Å². The molecule has 25 heavy (non-hydrogen) atoms. The molecular formula is C19H22N2O4. The van der Waals surface area contributed by atoms with Gasteiger partial charge in [-0.1, -0.05) is 13.3 Å². The number of rotatable bonds is 9. The first-order valence-electron chi connectivity index (χ1n) is 8.14. The highest BCUT2D eigenvalue weighted by atomic mass is 16.5. The minimum absolute atomic E-state index is 0.136. The molecule has 0 heterocycles. The Morgan fingerprint density at radius 2 is 1.72 bits per heavy atom. The van der Waals surface area contributed by atoms with E-state index in [9.17, 15) is 9.90 Å². The second kappa shape index (κ2) is 9.97. The smallest absolute Gasteiger partial charge is 0.277 e. The van der Waals surface area contributed by atoms with Crippen molar-refractivity contribution in [3.63, 3.8) is 0 Å². The van der Waals surface area contributed by atoms with E-state index in [-0.39, 0.29) is 18.3 Å². The lowest BCUT2D eigenvalue weighted by Crippen LogP contribution is -2.24. The van der Waals surface area contributed by atoms with Crippen LogP contribution in [0, 0.1) is 0 Å². The summed E-state index contributed by atoms with van der Waals surface area (Å²) in [7, 11) is 0. The van der Waals surface area contributed by atoms with Crippen LogP contribution in [0.2, 0.25) is 0 Å². The fourth-order valence-corrected chi connectivity index (χ4v) is 1.89. The molecule has 0 saturated heterocycles. The van der Waals surface area contributed by atoms with Gasteiger partial charge in [-0.2, -0.15) is 5.10 Å². The van der Waals surface area contributed by atoms with Crippen LogP contribution >= 0.6 is 0 Å². The van der Waals surface area contributed by atoms with Gasteiger partial charge >= 0.3 is 0 Å². The topological polar surface area (TPSA) is 80.2 Å². The average molecular weight is 342 g/mol. The Balaban J connectivity index is 1.71. The van der Waals surface area contributed by atoms with E-state index < -0.39 is 0 Å². The predicted molar refractivity (Wildman–Crippen MR) is 96.2 cm³/mol. The Labute approximate surface area is 147 Å². The Bertz CT molecular complexity index is 682. The number of carbonyl (C=O) groups excluding carboxylic acids is 1. The Hall–Kier alpha value is -3.02. The summed E-state index contributed by atoms with van der Waals surface area (Å²) in [6.45, 7) is 2.67. The number of nitrogens with one attached hydrogen (secondary N) is 1. The van der Waals surface area contributed by atoms with Crippen LogP contribution in [-0.2, 0) is 4.79 Å². The van der Waals surface area contributed by atoms with Gasteiger partial charge in [0.1, 0.15) is 17.2 Å². The zero-order chi connectivity index (χ0) is 17.9. The van der Waals surface area contributed by atoms with Crippen molar-refractivity contribution >= 4 is 12.1 Å². The maximum absolute atomic E-state index is 11.7. The standard InChI is InChI=1S/C19H22N2O4/c1-2-3-12-24-17-8-10-18(11-9-17)25-14-19(23)21-20-13-15-4-6-16(22)7-5-15/h4-11,13,22H,2-3,12,14H2,1H3,(H,21,23). The number of hydrogen-bond acceptors (Lipinski definition) is 5. The summed E-state index contributed by atoms with van der Waals surface area (Å²) < 4.78 is 11.0. The maximum atomic E-state index is 11.7. The van der Waals surface area contributed by atoms with Crippen molar-refractivity contribution in [1.29, 1.82) is 0 Å². The molecule has 0 aromatic heterocycles. The van der Waals surface area contributed by atoms with E-state index >= 15 is 0 Å². The van der Waals surface area contributed by atoms with Gasteiger partial charge in [-0.3, -0.25) is 4.79 Å². The van der Waals surface area contributed by atoms with Crippen molar-refractivity contribution in [3.05, 3.63) is 54.1 Å². The lowest BCUT2D eigenvalue weighted by atomic mass is 10.2. The second-order valence-corrected chi connectivity index (χ2v) is 5.35. The van der Waals surface area contributed by atoms with E-state index in [1.165, 1.54) is 6.21 Å². The van der Waals surface area contributed by atoms with Crippen LogP contribution in [0.15, 0.2) is 53.6 Å². The van der Waals surface area contributed by atoms with E-state index in [0.29, 0.717) is 12.4 Å². The molecule has 0 atom stereocenters. The number of aromatic hydroxyl groups is 1. The fourth-order valence-electron chi connectivity index (χ4n) is 1.89. The Kier molecular flexibility index (Phi) is 7.31. The van der Waals surface area contributed by atoms with Crippen molar-refractivity contribution in [2.45, 2.75) is 19.8 Å². The summed E-state index contributed by atoms with van der Waals surface area (Å²) in [5.74, 6) is 1.18. The lowest BCUT2D eigenvalue weighted by molar-refractivity contribution is -0.123. The first-order valence-corrected chi connectivity index (χ1v) is 8.14. The molecule has 6 heteroatoms. The molecule has 2 rings (SSSR count). The molecule has 0 spiro atoms. The minimum atomic E-state index is -0.363. The van der Waals surface area contributed by atoms with Gasteiger partial charge in [0.2, 0.25) is 0 Å². The molecule has 0 unspecified atom stereocenters. The predicted octanol–water partition coefficient (Wildman–Crippen LogP) is 3.10. The van der Waals surface area contributed by atoms with Crippen molar-refractivity contribution in [3.8, 4) is 17.2 Å². The number of benzene rings is 2. The van der Waals surface area contributed by atoms with Crippen LogP contribution in [-0.4, -0.2) is 30.4 Å². The van der Waals surface area contributed by atoms with Gasteiger partial charge in [0, 0.05) is 0 Å². The molecule has 1 amide bonds. The molecule has 2 aromatic carbocycles. The number of ether oxygens (including phenoxy) is 2.